The van der Waals surface area contributed by atoms with E-state index < -0.39 is 45.3 Å². The van der Waals surface area contributed by atoms with Gasteiger partial charge in [-0.2, -0.15) is 0 Å². The molecule has 117 heavy (non-hydrogen) atoms. The summed E-state index contributed by atoms with van der Waals surface area (Å²) >= 11 is 0. The lowest BCUT2D eigenvalue weighted by Gasteiger charge is -2.36. The fourth-order valence-electron chi connectivity index (χ4n) is 15.7. The molecule has 1 atom stereocenters. The van der Waals surface area contributed by atoms with E-state index in [2.05, 4.69) is 114 Å². The molecule has 5 aliphatic rings. The van der Waals surface area contributed by atoms with Crippen molar-refractivity contribution in [1.29, 1.82) is 0 Å². The van der Waals surface area contributed by atoms with Crippen molar-refractivity contribution in [3.8, 4) is 33.8 Å². The summed E-state index contributed by atoms with van der Waals surface area (Å²) in [4.78, 5) is 95.2. The summed E-state index contributed by atoms with van der Waals surface area (Å²) in [5, 5.41) is -1.49. The topological polar surface area (TPSA) is 330 Å². The molecule has 11 heterocycles. The highest BCUT2D eigenvalue weighted by Gasteiger charge is 2.37. The Balaban J connectivity index is 0.000000188. The van der Waals surface area contributed by atoms with E-state index in [4.69, 9.17) is 20.7 Å². The predicted octanol–water partition coefficient (Wildman–Crippen LogP) is 13.8. The fraction of sp³-hybridized carbons (Fsp3) is 0.345. The number of aromatic amines is 3. The molecule has 0 unspecified atom stereocenters. The van der Waals surface area contributed by atoms with E-state index in [-0.39, 0.29) is 39.5 Å². The zero-order chi connectivity index (χ0) is 82.7. The first kappa shape index (κ1) is 80.9. The van der Waals surface area contributed by atoms with E-state index in [9.17, 15) is 39.6 Å². The molecule has 0 saturated carbocycles. The van der Waals surface area contributed by atoms with Gasteiger partial charge in [0.15, 0.2) is 46.5 Å². The van der Waals surface area contributed by atoms with Crippen LogP contribution in [0.15, 0.2) is 179 Å². The minimum absolute atomic E-state index is 0. The van der Waals surface area contributed by atoms with Crippen LogP contribution < -0.4 is 35.1 Å². The van der Waals surface area contributed by atoms with Crippen LogP contribution in [0.25, 0.3) is 67.3 Å². The maximum atomic E-state index is 13.5. The summed E-state index contributed by atoms with van der Waals surface area (Å²) in [5.41, 5.74) is 23.9. The number of H-pyrrole nitrogens is 3. The highest BCUT2D eigenvalue weighted by atomic mass is 32.2. The zero-order valence-corrected chi connectivity index (χ0v) is 70.1. The van der Waals surface area contributed by atoms with Crippen molar-refractivity contribution in [3.63, 3.8) is 0 Å². The summed E-state index contributed by atoms with van der Waals surface area (Å²) in [6, 6.07) is 38.9. The highest BCUT2D eigenvalue weighted by molar-refractivity contribution is 7.92. The van der Waals surface area contributed by atoms with Gasteiger partial charge in [0.1, 0.15) is 16.6 Å². The van der Waals surface area contributed by atoms with Crippen molar-refractivity contribution in [1.82, 2.24) is 54.7 Å². The molecule has 2 fully saturated rings. The maximum absolute atomic E-state index is 13.5. The third kappa shape index (κ3) is 16.0. The van der Waals surface area contributed by atoms with Crippen molar-refractivity contribution in [2.24, 2.45) is 11.7 Å². The van der Waals surface area contributed by atoms with E-state index in [1.807, 2.05) is 30.3 Å². The number of nitrogens with one attached hydrogen (secondary N) is 3. The van der Waals surface area contributed by atoms with E-state index in [0.717, 1.165) is 115 Å². The molecule has 6 aromatic heterocycles. The largest absolute Gasteiger partial charge is 0.375 e. The SMILES string of the molecule is CC(C)S(=O)(=O)c1ccc(-c2cnc3[nH]cc(N4Cc5cc(N(C)CCCN(C)C)ccc5C4=O)c3n2)cc1.CC(C)S(=O)(=O)c1ccc(-c2cnc3[nH]cc(N4Cc5cc(N6CCC(N(C)C)CC6)ccc5C4=O)c3n2)cc1.CC(C)S(=O)(=O)c1ccc(-c2cnc3[nH]cc(N4Cc5cc(N6CC[C@@H](CN)C6)ccc5C4=O)c3n2)cc1.[HH].[HH].[HH].[HH].[HH]. The highest BCUT2D eigenvalue weighted by Crippen LogP contribution is 2.41. The minimum atomic E-state index is -3.36. The molecule has 17 rings (SSSR count). The van der Waals surface area contributed by atoms with Gasteiger partial charge in [0.05, 0.1) is 103 Å². The Kier molecular flexibility index (Phi) is 22.6. The smallest absolute Gasteiger partial charge is 0.259 e. The Hall–Kier alpha value is -11.3. The number of piperidine rings is 1. The van der Waals surface area contributed by atoms with Gasteiger partial charge in [-0.15, -0.1) is 0 Å². The van der Waals surface area contributed by atoms with Crippen LogP contribution in [0.1, 0.15) is 122 Å². The number of benzene rings is 6. The molecular weight excluding hydrogens is 1540 g/mol. The van der Waals surface area contributed by atoms with Crippen LogP contribution in [-0.4, -0.2) is 200 Å². The summed E-state index contributed by atoms with van der Waals surface area (Å²) in [6.45, 7) is 17.9. The van der Waals surface area contributed by atoms with Gasteiger partial charge in [0.25, 0.3) is 17.7 Å². The molecule has 5 N–H and O–H groups in total. The van der Waals surface area contributed by atoms with Gasteiger partial charge in [0.2, 0.25) is 0 Å². The van der Waals surface area contributed by atoms with Crippen LogP contribution in [0.4, 0.5) is 34.1 Å². The molecule has 0 spiro atoms. The second-order valence-corrected chi connectivity index (χ2v) is 39.5. The molecule has 0 bridgehead atoms. The van der Waals surface area contributed by atoms with Crippen LogP contribution >= 0.6 is 0 Å². The van der Waals surface area contributed by atoms with E-state index in [1.54, 1.807) is 166 Å². The van der Waals surface area contributed by atoms with Gasteiger partial charge in [-0.1, -0.05) is 36.4 Å². The Morgan fingerprint density at radius 2 is 0.821 bits per heavy atom. The predicted molar refractivity (Wildman–Crippen MR) is 471 cm³/mol. The molecule has 2 saturated heterocycles. The molecule has 5 aliphatic heterocycles. The zero-order valence-electron chi connectivity index (χ0n) is 67.6. The van der Waals surface area contributed by atoms with Crippen molar-refractivity contribution in [2.45, 2.75) is 123 Å². The lowest BCUT2D eigenvalue weighted by atomic mass is 10.0. The molecule has 6 aromatic carbocycles. The number of aromatic nitrogens is 9. The average Bonchev–Trinajstić information content (AvgIpc) is 1.61. The minimum Gasteiger partial charge on any atom is -0.375 e. The molecule has 27 nitrogen and oxygen atoms in total. The van der Waals surface area contributed by atoms with Crippen molar-refractivity contribution >= 4 is 115 Å². The first-order chi connectivity index (χ1) is 55.9. The average molecular weight is 1650 g/mol. The molecular formula is C87H108N18O9S3. The Morgan fingerprint density at radius 1 is 0.462 bits per heavy atom. The number of hydrogen-bond acceptors (Lipinski definition) is 21. The van der Waals surface area contributed by atoms with E-state index >= 15 is 0 Å². The van der Waals surface area contributed by atoms with Crippen LogP contribution in [-0.2, 0) is 49.1 Å². The van der Waals surface area contributed by atoms with Crippen LogP contribution in [0.5, 0.6) is 0 Å². The Bertz CT molecular complexity index is 6170. The third-order valence-electron chi connectivity index (χ3n) is 23.0. The second-order valence-electron chi connectivity index (χ2n) is 32.0. The molecule has 3 amide bonds. The quantitative estimate of drug-likeness (QED) is 0.0519. The summed E-state index contributed by atoms with van der Waals surface area (Å²) < 4.78 is 75.0. The number of nitrogens with two attached hydrogens (primary N) is 1. The number of amides is 3. The van der Waals surface area contributed by atoms with Gasteiger partial charge in [-0.05, 0) is 222 Å². The number of sulfone groups is 3. The van der Waals surface area contributed by atoms with Gasteiger partial charge < -0.3 is 59.9 Å². The molecule has 0 aliphatic carbocycles. The Labute approximate surface area is 689 Å². The van der Waals surface area contributed by atoms with Crippen molar-refractivity contribution < 1.29 is 46.8 Å². The van der Waals surface area contributed by atoms with Gasteiger partial charge >= 0.3 is 0 Å². The standard InChI is InChI=1S/C30H34N6O3S.C29H34N6O3S.C28H30N6O3S.5H2/c1-19(2)40(38,39)24-8-5-20(6-9-24)26-16-31-29-28(33-26)27(17-32-29)36-18-21-15-23(7-10-25(21)30(36)37)35-13-11-22(12-14-35)34(3)4;1-19(2)39(37,38)23-10-7-20(8-11-23)25-16-30-28-27(32-25)26(17-31-28)35-18-21-15-22(9-12-24(21)29(35)36)34(5)14-6-13-33(3)4;1-17(2)38(36,37)22-6-3-19(4-7-22)24-13-30-27-26(32-24)25(14-31-27)34-16-20-11-21(5-8-23(20)28(34)35)33-10-9-18(12-29)15-33;;;;;/h5-10,15-17,19,22H,11-14,18H2,1-4H3,(H,31,32);7-12,15-17,19H,6,13-14,18H2,1-5H3,(H,30,31);3-8,11,13-14,17-18H,9-10,12,15-16,29H2,1-2H3,(H,30,31);5*1H/t;;18-;;;;;/m..0...../s1. The summed E-state index contributed by atoms with van der Waals surface area (Å²) in [6.07, 6.45) is 14.7. The van der Waals surface area contributed by atoms with E-state index in [1.165, 1.54) is 0 Å². The molecule has 12 aromatic rings. The molecule has 0 radical (unpaired) electrons. The monoisotopic (exact) mass is 1640 g/mol. The number of anilines is 6. The lowest BCUT2D eigenvalue weighted by molar-refractivity contribution is 0.0989. The van der Waals surface area contributed by atoms with Crippen LogP contribution in [0.3, 0.4) is 0 Å². The Morgan fingerprint density at radius 3 is 1.17 bits per heavy atom. The van der Waals surface area contributed by atoms with Crippen molar-refractivity contribution in [2.75, 3.05) is 110 Å². The van der Waals surface area contributed by atoms with Gasteiger partial charge in [0, 0.05) is 122 Å². The second kappa shape index (κ2) is 32.7. The fourth-order valence-corrected chi connectivity index (χ4v) is 18.9. The number of nitrogens with zero attached hydrogens (tertiary/aromatic N) is 14. The lowest BCUT2D eigenvalue weighted by Crippen LogP contribution is -2.42. The third-order valence-corrected chi connectivity index (χ3v) is 29.5. The van der Waals surface area contributed by atoms with Gasteiger partial charge in [-0.3, -0.25) is 14.4 Å². The maximum Gasteiger partial charge on any atom is 0.259 e. The summed E-state index contributed by atoms with van der Waals surface area (Å²) in [5.74, 6) is 0.327. The molecule has 30 heteroatoms. The summed E-state index contributed by atoms with van der Waals surface area (Å²) in [7, 11) is 0.434. The molecule has 618 valence electrons. The van der Waals surface area contributed by atoms with Crippen LogP contribution in [0.2, 0.25) is 0 Å². The van der Waals surface area contributed by atoms with Crippen LogP contribution in [0, 0.1) is 5.92 Å². The number of rotatable bonds is 21. The first-order valence-corrected chi connectivity index (χ1v) is 44.2. The van der Waals surface area contributed by atoms with E-state index in [0.29, 0.717) is 122 Å². The number of carbonyl (C=O) groups is 3. The normalized spacial score (nSPS) is 15.9. The number of fused-ring (bicyclic) bond motifs is 6. The van der Waals surface area contributed by atoms with Crippen molar-refractivity contribution in [3.05, 3.63) is 198 Å². The number of hydrogen-bond donors (Lipinski definition) is 4. The van der Waals surface area contributed by atoms with Gasteiger partial charge in [-0.25, -0.2) is 55.2 Å². The first-order valence-electron chi connectivity index (χ1n) is 39.6. The number of carbonyl (C=O) groups excluding carboxylic acids is 3.